The van der Waals surface area contributed by atoms with Gasteiger partial charge in [-0.1, -0.05) is 0 Å². The van der Waals surface area contributed by atoms with E-state index < -0.39 is 5.97 Å². The van der Waals surface area contributed by atoms with Gasteiger partial charge in [0.05, 0.1) is 24.0 Å². The second kappa shape index (κ2) is 4.36. The van der Waals surface area contributed by atoms with E-state index in [1.54, 1.807) is 12.1 Å². The molecule has 0 fully saturated rings. The van der Waals surface area contributed by atoms with Crippen molar-refractivity contribution in [2.24, 2.45) is 0 Å². The summed E-state index contributed by atoms with van der Waals surface area (Å²) in [5.41, 5.74) is 1.03. The molecule has 0 aliphatic rings. The Kier molecular flexibility index (Phi) is 3.17. The Morgan fingerprint density at radius 3 is 2.64 bits per heavy atom. The average Bonchev–Trinajstić information content (AvgIpc) is 2.06. The summed E-state index contributed by atoms with van der Waals surface area (Å²) in [5.74, 6) is -1.11. The molecule has 0 saturated carbocycles. The smallest absolute Gasteiger partial charge is 0.309 e. The van der Waals surface area contributed by atoms with Crippen molar-refractivity contribution in [3.05, 3.63) is 24.0 Å². The maximum atomic E-state index is 10.6. The summed E-state index contributed by atoms with van der Waals surface area (Å²) in [6, 6.07) is 3.19. The number of hydrogen-bond acceptors (Lipinski definition) is 3. The van der Waals surface area contributed by atoms with Crippen LogP contribution in [-0.4, -0.2) is 22.0 Å². The van der Waals surface area contributed by atoms with E-state index in [0.717, 1.165) is 0 Å². The first-order valence-electron chi connectivity index (χ1n) is 4.02. The molecule has 0 atom stereocenters. The first-order valence-corrected chi connectivity index (χ1v) is 4.02. The number of amides is 1. The number of hydrogen-bond donors (Lipinski definition) is 2. The van der Waals surface area contributed by atoms with Gasteiger partial charge in [0.1, 0.15) is 0 Å². The molecule has 0 aliphatic heterocycles. The van der Waals surface area contributed by atoms with Gasteiger partial charge in [0, 0.05) is 6.92 Å². The second-order valence-corrected chi connectivity index (χ2v) is 2.79. The average molecular weight is 194 g/mol. The van der Waals surface area contributed by atoms with Crippen LogP contribution in [0.15, 0.2) is 18.3 Å². The van der Waals surface area contributed by atoms with Crippen LogP contribution in [0.5, 0.6) is 0 Å². The fraction of sp³-hybridized carbons (Fsp3) is 0.222. The van der Waals surface area contributed by atoms with Crippen molar-refractivity contribution in [1.29, 1.82) is 0 Å². The van der Waals surface area contributed by atoms with Gasteiger partial charge in [0.25, 0.3) is 0 Å². The van der Waals surface area contributed by atoms with E-state index >= 15 is 0 Å². The molecule has 0 bridgehead atoms. The minimum atomic E-state index is -0.926. The number of nitrogens with zero attached hydrogens (tertiary/aromatic N) is 1. The molecular weight excluding hydrogens is 184 g/mol. The molecule has 14 heavy (non-hydrogen) atoms. The van der Waals surface area contributed by atoms with Crippen LogP contribution in [0.25, 0.3) is 0 Å². The molecule has 2 N–H and O–H groups in total. The van der Waals surface area contributed by atoms with Crippen molar-refractivity contribution in [1.82, 2.24) is 4.98 Å². The molecule has 1 aromatic rings. The lowest BCUT2D eigenvalue weighted by Gasteiger charge is -2.01. The summed E-state index contributed by atoms with van der Waals surface area (Å²) < 4.78 is 0. The predicted octanol–water partition coefficient (Wildman–Crippen LogP) is 0.667. The third kappa shape index (κ3) is 3.22. The maximum Gasteiger partial charge on any atom is 0.309 e. The summed E-state index contributed by atoms with van der Waals surface area (Å²) in [6.45, 7) is 1.39. The second-order valence-electron chi connectivity index (χ2n) is 2.79. The molecular formula is C9H10N2O3. The van der Waals surface area contributed by atoms with E-state index in [-0.39, 0.29) is 12.3 Å². The first kappa shape index (κ1) is 10.2. The molecule has 0 spiro atoms. The lowest BCUT2D eigenvalue weighted by molar-refractivity contribution is -0.136. The molecule has 0 radical (unpaired) electrons. The lowest BCUT2D eigenvalue weighted by atomic mass is 10.2. The van der Waals surface area contributed by atoms with Gasteiger partial charge in [0.15, 0.2) is 0 Å². The number of carbonyl (C=O) groups is 2. The molecule has 5 nitrogen and oxygen atoms in total. The summed E-state index contributed by atoms with van der Waals surface area (Å²) in [5, 5.41) is 11.0. The number of anilines is 1. The summed E-state index contributed by atoms with van der Waals surface area (Å²) in [4.78, 5) is 24.8. The predicted molar refractivity (Wildman–Crippen MR) is 49.9 cm³/mol. The van der Waals surface area contributed by atoms with Crippen molar-refractivity contribution >= 4 is 17.6 Å². The normalized spacial score (nSPS) is 9.50. The molecule has 0 aliphatic carbocycles. The lowest BCUT2D eigenvalue weighted by Crippen LogP contribution is -2.07. The monoisotopic (exact) mass is 194 g/mol. The Hall–Kier alpha value is -1.91. The Morgan fingerprint density at radius 1 is 1.50 bits per heavy atom. The van der Waals surface area contributed by atoms with Crippen molar-refractivity contribution in [3.8, 4) is 0 Å². The summed E-state index contributed by atoms with van der Waals surface area (Å²) >= 11 is 0. The molecule has 1 aromatic heterocycles. The molecule has 0 saturated heterocycles. The van der Waals surface area contributed by atoms with Crippen LogP contribution in [0, 0.1) is 0 Å². The summed E-state index contributed by atoms with van der Waals surface area (Å²) in [6.07, 6.45) is 1.32. The topological polar surface area (TPSA) is 79.3 Å². The third-order valence-electron chi connectivity index (χ3n) is 1.48. The third-order valence-corrected chi connectivity index (χ3v) is 1.48. The number of pyridine rings is 1. The van der Waals surface area contributed by atoms with Crippen molar-refractivity contribution < 1.29 is 14.7 Å². The van der Waals surface area contributed by atoms with Gasteiger partial charge >= 0.3 is 5.97 Å². The SMILES string of the molecule is CC(=O)Nc1ccc(CC(=O)O)nc1. The van der Waals surface area contributed by atoms with Crippen molar-refractivity contribution in [3.63, 3.8) is 0 Å². The van der Waals surface area contributed by atoms with Crippen LogP contribution >= 0.6 is 0 Å². The Morgan fingerprint density at radius 2 is 2.21 bits per heavy atom. The summed E-state index contributed by atoms with van der Waals surface area (Å²) in [7, 11) is 0. The van der Waals surface area contributed by atoms with E-state index in [2.05, 4.69) is 10.3 Å². The number of carboxylic acid groups (broad SMARTS) is 1. The van der Waals surface area contributed by atoms with Gasteiger partial charge in [-0.2, -0.15) is 0 Å². The molecule has 1 amide bonds. The zero-order valence-corrected chi connectivity index (χ0v) is 7.65. The van der Waals surface area contributed by atoms with Crippen molar-refractivity contribution in [2.75, 3.05) is 5.32 Å². The first-order chi connectivity index (χ1) is 6.58. The number of nitrogens with one attached hydrogen (secondary N) is 1. The molecule has 1 heterocycles. The molecule has 74 valence electrons. The Bertz CT molecular complexity index is 311. The maximum absolute atomic E-state index is 10.6. The number of carbonyl (C=O) groups excluding carboxylic acids is 1. The number of carboxylic acids is 1. The van der Waals surface area contributed by atoms with Gasteiger partial charge in [-0.05, 0) is 12.1 Å². The highest BCUT2D eigenvalue weighted by atomic mass is 16.4. The zero-order chi connectivity index (χ0) is 10.6. The van der Waals surface area contributed by atoms with Gasteiger partial charge in [-0.15, -0.1) is 0 Å². The highest BCUT2D eigenvalue weighted by Crippen LogP contribution is 2.06. The highest BCUT2D eigenvalue weighted by Gasteiger charge is 2.01. The van der Waals surface area contributed by atoms with E-state index in [0.29, 0.717) is 11.4 Å². The fourth-order valence-electron chi connectivity index (χ4n) is 0.961. The van der Waals surface area contributed by atoms with Gasteiger partial charge < -0.3 is 10.4 Å². The zero-order valence-electron chi connectivity index (χ0n) is 7.65. The van der Waals surface area contributed by atoms with Crippen LogP contribution in [0.2, 0.25) is 0 Å². The van der Waals surface area contributed by atoms with Crippen LogP contribution in [0.1, 0.15) is 12.6 Å². The van der Waals surface area contributed by atoms with Crippen LogP contribution in [-0.2, 0) is 16.0 Å². The van der Waals surface area contributed by atoms with E-state index in [1.165, 1.54) is 13.1 Å². The van der Waals surface area contributed by atoms with Crippen LogP contribution in [0.4, 0.5) is 5.69 Å². The standard InChI is InChI=1S/C9H10N2O3/c1-6(12)11-8-3-2-7(10-5-8)4-9(13)14/h2-3,5H,4H2,1H3,(H,11,12)(H,13,14). The minimum Gasteiger partial charge on any atom is -0.481 e. The van der Waals surface area contributed by atoms with Crippen LogP contribution < -0.4 is 5.32 Å². The largest absolute Gasteiger partial charge is 0.481 e. The Labute approximate surface area is 80.8 Å². The number of rotatable bonds is 3. The Balaban J connectivity index is 2.68. The number of aliphatic carboxylic acids is 1. The van der Waals surface area contributed by atoms with Gasteiger partial charge in [0.2, 0.25) is 5.91 Å². The highest BCUT2D eigenvalue weighted by molar-refractivity contribution is 5.88. The molecule has 5 heteroatoms. The molecule has 0 unspecified atom stereocenters. The van der Waals surface area contributed by atoms with Gasteiger partial charge in [-0.25, -0.2) is 0 Å². The fourth-order valence-corrected chi connectivity index (χ4v) is 0.961. The minimum absolute atomic E-state index is 0.111. The van der Waals surface area contributed by atoms with E-state index in [1.807, 2.05) is 0 Å². The van der Waals surface area contributed by atoms with Crippen molar-refractivity contribution in [2.45, 2.75) is 13.3 Å². The number of aromatic nitrogens is 1. The quantitative estimate of drug-likeness (QED) is 0.741. The van der Waals surface area contributed by atoms with Gasteiger partial charge in [-0.3, -0.25) is 14.6 Å². The van der Waals surface area contributed by atoms with Crippen LogP contribution in [0.3, 0.4) is 0 Å². The molecule has 1 rings (SSSR count). The van der Waals surface area contributed by atoms with E-state index in [4.69, 9.17) is 5.11 Å². The van der Waals surface area contributed by atoms with E-state index in [9.17, 15) is 9.59 Å². The molecule has 0 aromatic carbocycles.